The van der Waals surface area contributed by atoms with Gasteiger partial charge in [0.1, 0.15) is 0 Å². The Hall–Kier alpha value is -1.55. The average molecular weight is 277 g/mol. The molecule has 0 saturated carbocycles. The van der Waals surface area contributed by atoms with Gasteiger partial charge in [-0.1, -0.05) is 0 Å². The maximum Gasteiger partial charge on any atom is 0.251 e. The lowest BCUT2D eigenvalue weighted by atomic mass is 10.1. The molecule has 0 aliphatic rings. The highest BCUT2D eigenvalue weighted by molar-refractivity contribution is 5.96. The molecular weight excluding hydrogens is 250 g/mol. The van der Waals surface area contributed by atoms with Gasteiger partial charge < -0.3 is 15.5 Å². The van der Waals surface area contributed by atoms with Crippen LogP contribution in [0, 0.1) is 6.92 Å². The van der Waals surface area contributed by atoms with E-state index in [4.69, 9.17) is 0 Å². The lowest BCUT2D eigenvalue weighted by Crippen LogP contribution is -2.31. The summed E-state index contributed by atoms with van der Waals surface area (Å²) in [7, 11) is 3.98. The first kappa shape index (κ1) is 16.5. The molecule has 112 valence electrons. The fourth-order valence-electron chi connectivity index (χ4n) is 1.96. The molecule has 1 amide bonds. The molecule has 0 aliphatic heterocycles. The monoisotopic (exact) mass is 277 g/mol. The molecule has 0 fully saturated rings. The SMILES string of the molecule is CNc1ccc(C(=O)NCCCN(C)C(C)C)c(C)c1. The second-order valence-corrected chi connectivity index (χ2v) is 5.46. The van der Waals surface area contributed by atoms with Crippen molar-refractivity contribution in [3.8, 4) is 0 Å². The molecule has 0 saturated heterocycles. The summed E-state index contributed by atoms with van der Waals surface area (Å²) in [5, 5.41) is 6.06. The molecule has 0 bridgehead atoms. The minimum atomic E-state index is 0.0114. The third-order valence-corrected chi connectivity index (χ3v) is 3.61. The van der Waals surface area contributed by atoms with Crippen molar-refractivity contribution in [1.82, 2.24) is 10.2 Å². The predicted molar refractivity (Wildman–Crippen MR) is 85.4 cm³/mol. The Morgan fingerprint density at radius 3 is 2.60 bits per heavy atom. The van der Waals surface area contributed by atoms with Gasteiger partial charge in [-0.25, -0.2) is 0 Å². The first-order valence-corrected chi connectivity index (χ1v) is 7.22. The molecule has 0 atom stereocenters. The smallest absolute Gasteiger partial charge is 0.251 e. The lowest BCUT2D eigenvalue weighted by molar-refractivity contribution is 0.0951. The van der Waals surface area contributed by atoms with Crippen LogP contribution in [0.5, 0.6) is 0 Å². The summed E-state index contributed by atoms with van der Waals surface area (Å²) in [5.74, 6) is 0.0114. The van der Waals surface area contributed by atoms with Crippen molar-refractivity contribution in [2.75, 3.05) is 32.5 Å². The van der Waals surface area contributed by atoms with E-state index in [-0.39, 0.29) is 5.91 Å². The summed E-state index contributed by atoms with van der Waals surface area (Å²) >= 11 is 0. The van der Waals surface area contributed by atoms with Crippen molar-refractivity contribution < 1.29 is 4.79 Å². The second kappa shape index (κ2) is 7.90. The van der Waals surface area contributed by atoms with Crippen molar-refractivity contribution in [2.24, 2.45) is 0 Å². The summed E-state index contributed by atoms with van der Waals surface area (Å²) in [5.41, 5.74) is 2.77. The zero-order valence-corrected chi connectivity index (χ0v) is 13.3. The second-order valence-electron chi connectivity index (χ2n) is 5.46. The Morgan fingerprint density at radius 2 is 2.05 bits per heavy atom. The van der Waals surface area contributed by atoms with E-state index in [0.29, 0.717) is 12.6 Å². The van der Waals surface area contributed by atoms with Crippen LogP contribution in [0.4, 0.5) is 5.69 Å². The summed E-state index contributed by atoms with van der Waals surface area (Å²) in [6, 6.07) is 6.33. The number of carbonyl (C=O) groups excluding carboxylic acids is 1. The maximum absolute atomic E-state index is 12.1. The molecule has 2 N–H and O–H groups in total. The average Bonchev–Trinajstić information content (AvgIpc) is 2.42. The molecule has 0 heterocycles. The van der Waals surface area contributed by atoms with Gasteiger partial charge in [0.15, 0.2) is 0 Å². The highest BCUT2D eigenvalue weighted by Crippen LogP contribution is 2.14. The van der Waals surface area contributed by atoms with Crippen molar-refractivity contribution in [2.45, 2.75) is 33.2 Å². The number of rotatable bonds is 7. The fourth-order valence-corrected chi connectivity index (χ4v) is 1.96. The first-order chi connectivity index (χ1) is 9.45. The normalized spacial score (nSPS) is 10.9. The highest BCUT2D eigenvalue weighted by Gasteiger charge is 2.09. The van der Waals surface area contributed by atoms with Crippen molar-refractivity contribution in [1.29, 1.82) is 0 Å². The third-order valence-electron chi connectivity index (χ3n) is 3.61. The number of aryl methyl sites for hydroxylation is 1. The molecule has 0 spiro atoms. The maximum atomic E-state index is 12.1. The molecule has 4 heteroatoms. The number of benzene rings is 1. The zero-order chi connectivity index (χ0) is 15.1. The molecule has 0 aromatic heterocycles. The number of nitrogens with zero attached hydrogens (tertiary/aromatic N) is 1. The highest BCUT2D eigenvalue weighted by atomic mass is 16.1. The number of anilines is 1. The molecule has 1 aromatic carbocycles. The van der Waals surface area contributed by atoms with Gasteiger partial charge in [0.25, 0.3) is 5.91 Å². The largest absolute Gasteiger partial charge is 0.388 e. The van der Waals surface area contributed by atoms with Crippen LogP contribution in [0.1, 0.15) is 36.2 Å². The van der Waals surface area contributed by atoms with Crippen LogP contribution in [0.25, 0.3) is 0 Å². The van der Waals surface area contributed by atoms with E-state index < -0.39 is 0 Å². The minimum Gasteiger partial charge on any atom is -0.388 e. The Kier molecular flexibility index (Phi) is 6.52. The van der Waals surface area contributed by atoms with E-state index in [1.807, 2.05) is 32.2 Å². The topological polar surface area (TPSA) is 44.4 Å². The summed E-state index contributed by atoms with van der Waals surface area (Å²) in [6.45, 7) is 8.01. The molecule has 4 nitrogen and oxygen atoms in total. The van der Waals surface area contributed by atoms with Gasteiger partial charge >= 0.3 is 0 Å². The Balaban J connectivity index is 2.43. The molecular formula is C16H27N3O. The van der Waals surface area contributed by atoms with Crippen LogP contribution >= 0.6 is 0 Å². The van der Waals surface area contributed by atoms with Gasteiger partial charge in [0.05, 0.1) is 0 Å². The summed E-state index contributed by atoms with van der Waals surface area (Å²) in [4.78, 5) is 14.4. The van der Waals surface area contributed by atoms with E-state index in [9.17, 15) is 4.79 Å². The quantitative estimate of drug-likeness (QED) is 0.753. The van der Waals surface area contributed by atoms with Gasteiger partial charge in [-0.3, -0.25) is 4.79 Å². The van der Waals surface area contributed by atoms with Crippen LogP contribution in [-0.4, -0.2) is 44.0 Å². The Labute approximate surface area is 122 Å². The van der Waals surface area contributed by atoms with Crippen molar-refractivity contribution in [3.05, 3.63) is 29.3 Å². The third kappa shape index (κ3) is 4.85. The fraction of sp³-hybridized carbons (Fsp3) is 0.562. The molecule has 1 rings (SSSR count). The van der Waals surface area contributed by atoms with Gasteiger partial charge in [0.2, 0.25) is 0 Å². The Bertz CT molecular complexity index is 443. The molecule has 0 aliphatic carbocycles. The van der Waals surface area contributed by atoms with E-state index in [2.05, 4.69) is 36.4 Å². The summed E-state index contributed by atoms with van der Waals surface area (Å²) < 4.78 is 0. The summed E-state index contributed by atoms with van der Waals surface area (Å²) in [6.07, 6.45) is 0.966. The number of carbonyl (C=O) groups is 1. The van der Waals surface area contributed by atoms with Gasteiger partial charge in [0, 0.05) is 30.9 Å². The molecule has 1 aromatic rings. The van der Waals surface area contributed by atoms with Gasteiger partial charge in [-0.05, 0) is 64.5 Å². The molecule has 0 unspecified atom stereocenters. The van der Waals surface area contributed by atoms with E-state index >= 15 is 0 Å². The van der Waals surface area contributed by atoms with Crippen LogP contribution in [0.15, 0.2) is 18.2 Å². The van der Waals surface area contributed by atoms with Crippen LogP contribution in [-0.2, 0) is 0 Å². The van der Waals surface area contributed by atoms with Gasteiger partial charge in [-0.2, -0.15) is 0 Å². The number of nitrogens with one attached hydrogen (secondary N) is 2. The first-order valence-electron chi connectivity index (χ1n) is 7.22. The minimum absolute atomic E-state index is 0.0114. The van der Waals surface area contributed by atoms with E-state index in [1.165, 1.54) is 0 Å². The van der Waals surface area contributed by atoms with Crippen LogP contribution in [0.3, 0.4) is 0 Å². The number of hydrogen-bond donors (Lipinski definition) is 2. The lowest BCUT2D eigenvalue weighted by Gasteiger charge is -2.20. The van der Waals surface area contributed by atoms with E-state index in [0.717, 1.165) is 29.8 Å². The standard InChI is InChI=1S/C16H27N3O/c1-12(2)19(5)10-6-9-18-16(20)15-8-7-14(17-4)11-13(15)3/h7-8,11-12,17H,6,9-10H2,1-5H3,(H,18,20). The zero-order valence-electron chi connectivity index (χ0n) is 13.3. The van der Waals surface area contributed by atoms with Crippen LogP contribution < -0.4 is 10.6 Å². The predicted octanol–water partition coefficient (Wildman–Crippen LogP) is 2.50. The van der Waals surface area contributed by atoms with Crippen LogP contribution in [0.2, 0.25) is 0 Å². The Morgan fingerprint density at radius 1 is 1.35 bits per heavy atom. The number of amides is 1. The van der Waals surface area contributed by atoms with Crippen molar-refractivity contribution in [3.63, 3.8) is 0 Å². The number of hydrogen-bond acceptors (Lipinski definition) is 3. The molecule has 0 radical (unpaired) electrons. The van der Waals surface area contributed by atoms with Gasteiger partial charge in [-0.15, -0.1) is 0 Å². The van der Waals surface area contributed by atoms with Crippen molar-refractivity contribution >= 4 is 11.6 Å². The molecule has 20 heavy (non-hydrogen) atoms. The van der Waals surface area contributed by atoms with E-state index in [1.54, 1.807) is 0 Å².